The molecule has 3 unspecified atom stereocenters. The van der Waals surface area contributed by atoms with Crippen molar-refractivity contribution in [3.05, 3.63) is 35.9 Å². The van der Waals surface area contributed by atoms with Crippen LogP contribution >= 0.6 is 0 Å². The van der Waals surface area contributed by atoms with Crippen LogP contribution in [0.4, 0.5) is 0 Å². The van der Waals surface area contributed by atoms with E-state index in [1.165, 1.54) is 0 Å². The molecule has 1 aromatic rings. The zero-order chi connectivity index (χ0) is 16.1. The minimum Gasteiger partial charge on any atom is -0.458 e. The van der Waals surface area contributed by atoms with Crippen LogP contribution in [0, 0.1) is 5.92 Å². The van der Waals surface area contributed by atoms with E-state index < -0.39 is 0 Å². The number of ether oxygens (including phenoxy) is 1. The number of likely N-dealkylation sites (N-methyl/N-ethyl adjacent to an activating group) is 1. The second kappa shape index (κ2) is 7.75. The van der Waals surface area contributed by atoms with E-state index in [1.807, 2.05) is 30.3 Å². The molecule has 0 spiro atoms. The Morgan fingerprint density at radius 1 is 1.27 bits per heavy atom. The number of carbonyl (C=O) groups excluding carboxylic acids is 1. The fourth-order valence-electron chi connectivity index (χ4n) is 2.97. The first-order chi connectivity index (χ1) is 10.5. The lowest BCUT2D eigenvalue weighted by Crippen LogP contribution is -2.50. The van der Waals surface area contributed by atoms with Crippen molar-refractivity contribution in [3.8, 4) is 0 Å². The molecule has 0 N–H and O–H groups in total. The molecule has 122 valence electrons. The van der Waals surface area contributed by atoms with Gasteiger partial charge < -0.3 is 9.64 Å². The van der Waals surface area contributed by atoms with Gasteiger partial charge in [-0.05, 0) is 39.6 Å². The van der Waals surface area contributed by atoms with E-state index in [2.05, 4.69) is 37.7 Å². The summed E-state index contributed by atoms with van der Waals surface area (Å²) in [5, 5.41) is 0. The van der Waals surface area contributed by atoms with Crippen LogP contribution in [0.3, 0.4) is 0 Å². The molecule has 0 saturated carbocycles. The lowest BCUT2D eigenvalue weighted by molar-refractivity contribution is -0.0264. The van der Waals surface area contributed by atoms with E-state index in [1.54, 1.807) is 0 Å². The van der Waals surface area contributed by atoms with E-state index >= 15 is 0 Å². The highest BCUT2D eigenvalue weighted by atomic mass is 16.5. The molecule has 1 aromatic carbocycles. The molecule has 2 rings (SSSR count). The van der Waals surface area contributed by atoms with Crippen LogP contribution in [0.2, 0.25) is 0 Å². The molecule has 1 aliphatic heterocycles. The highest BCUT2D eigenvalue weighted by Gasteiger charge is 2.33. The van der Waals surface area contributed by atoms with Crippen LogP contribution in [-0.2, 0) is 4.74 Å². The Labute approximate surface area is 134 Å². The number of rotatable bonds is 5. The topological polar surface area (TPSA) is 32.8 Å². The second-order valence-electron chi connectivity index (χ2n) is 6.67. The van der Waals surface area contributed by atoms with Crippen molar-refractivity contribution < 1.29 is 9.53 Å². The van der Waals surface area contributed by atoms with Gasteiger partial charge in [0.15, 0.2) is 0 Å². The average molecular weight is 304 g/mol. The Bertz CT molecular complexity index is 475. The molecular formula is C18H28N2O2. The molecule has 0 amide bonds. The van der Waals surface area contributed by atoms with Crippen LogP contribution in [0.25, 0.3) is 0 Å². The maximum Gasteiger partial charge on any atom is 0.338 e. The van der Waals surface area contributed by atoms with E-state index in [0.717, 1.165) is 26.1 Å². The lowest BCUT2D eigenvalue weighted by Gasteiger charge is -2.41. The first kappa shape index (κ1) is 17.0. The zero-order valence-electron chi connectivity index (χ0n) is 14.2. The minimum absolute atomic E-state index is 0.0123. The Morgan fingerprint density at radius 2 is 1.95 bits per heavy atom. The number of likely N-dealkylation sites (tertiary alicyclic amines) is 1. The summed E-state index contributed by atoms with van der Waals surface area (Å²) in [6, 6.07) is 9.71. The van der Waals surface area contributed by atoms with E-state index in [0.29, 0.717) is 17.5 Å². The summed E-state index contributed by atoms with van der Waals surface area (Å²) in [5.74, 6) is 0.164. The number of benzene rings is 1. The predicted octanol–water partition coefficient (Wildman–Crippen LogP) is 2.50. The third kappa shape index (κ3) is 4.55. The number of carbonyl (C=O) groups is 1. The smallest absolute Gasteiger partial charge is 0.338 e. The van der Waals surface area contributed by atoms with Crippen molar-refractivity contribution in [3.63, 3.8) is 0 Å². The highest BCUT2D eigenvalue weighted by Crippen LogP contribution is 2.25. The first-order valence-electron chi connectivity index (χ1n) is 8.12. The largest absolute Gasteiger partial charge is 0.458 e. The summed E-state index contributed by atoms with van der Waals surface area (Å²) in [5.41, 5.74) is 0.636. The monoisotopic (exact) mass is 304 g/mol. The summed E-state index contributed by atoms with van der Waals surface area (Å²) in [4.78, 5) is 16.9. The number of esters is 1. The normalized spacial score (nSPS) is 26.1. The van der Waals surface area contributed by atoms with Crippen molar-refractivity contribution in [1.82, 2.24) is 9.80 Å². The number of nitrogens with zero attached hydrogens (tertiary/aromatic N) is 2. The SMILES string of the molecule is CC1CN(CCN(C)C)C(C)CC1OC(=O)c1ccccc1. The molecule has 0 radical (unpaired) electrons. The van der Waals surface area contributed by atoms with Crippen LogP contribution in [0.5, 0.6) is 0 Å². The van der Waals surface area contributed by atoms with Gasteiger partial charge in [-0.2, -0.15) is 0 Å². The average Bonchev–Trinajstić information content (AvgIpc) is 2.50. The summed E-state index contributed by atoms with van der Waals surface area (Å²) >= 11 is 0. The molecule has 1 heterocycles. The van der Waals surface area contributed by atoms with Gasteiger partial charge in [-0.1, -0.05) is 25.1 Å². The van der Waals surface area contributed by atoms with Gasteiger partial charge >= 0.3 is 5.97 Å². The standard InChI is InChI=1S/C18H28N2O2/c1-14-13-20(11-10-19(3)4)15(2)12-17(14)22-18(21)16-8-6-5-7-9-16/h5-9,14-15,17H,10-13H2,1-4H3. The molecule has 0 aromatic heterocycles. The van der Waals surface area contributed by atoms with Crippen molar-refractivity contribution in [2.24, 2.45) is 5.92 Å². The third-order valence-electron chi connectivity index (χ3n) is 4.46. The lowest BCUT2D eigenvalue weighted by atomic mass is 9.91. The molecular weight excluding hydrogens is 276 g/mol. The fraction of sp³-hybridized carbons (Fsp3) is 0.611. The highest BCUT2D eigenvalue weighted by molar-refractivity contribution is 5.89. The van der Waals surface area contributed by atoms with Gasteiger partial charge in [-0.25, -0.2) is 4.79 Å². The zero-order valence-corrected chi connectivity index (χ0v) is 14.2. The third-order valence-corrected chi connectivity index (χ3v) is 4.46. The molecule has 4 nitrogen and oxygen atoms in total. The van der Waals surface area contributed by atoms with Gasteiger partial charge in [0.05, 0.1) is 5.56 Å². The predicted molar refractivity (Wildman–Crippen MR) is 89.0 cm³/mol. The summed E-state index contributed by atoms with van der Waals surface area (Å²) in [6.07, 6.45) is 0.922. The maximum absolute atomic E-state index is 12.2. The molecule has 3 atom stereocenters. The quantitative estimate of drug-likeness (QED) is 0.783. The first-order valence-corrected chi connectivity index (χ1v) is 8.12. The molecule has 1 fully saturated rings. The summed E-state index contributed by atoms with van der Waals surface area (Å²) in [7, 11) is 4.20. The minimum atomic E-state index is -0.202. The fourth-order valence-corrected chi connectivity index (χ4v) is 2.97. The Hall–Kier alpha value is -1.39. The van der Waals surface area contributed by atoms with Crippen LogP contribution in [0.1, 0.15) is 30.6 Å². The second-order valence-corrected chi connectivity index (χ2v) is 6.67. The molecule has 0 aliphatic carbocycles. The van der Waals surface area contributed by atoms with Crippen molar-refractivity contribution in [1.29, 1.82) is 0 Å². The van der Waals surface area contributed by atoms with Crippen LogP contribution in [0.15, 0.2) is 30.3 Å². The van der Waals surface area contributed by atoms with Gasteiger partial charge in [0.2, 0.25) is 0 Å². The van der Waals surface area contributed by atoms with Crippen LogP contribution < -0.4 is 0 Å². The summed E-state index contributed by atoms with van der Waals surface area (Å²) in [6.45, 7) is 7.52. The Kier molecular flexibility index (Phi) is 5.98. The van der Waals surface area contributed by atoms with Crippen molar-refractivity contribution in [2.75, 3.05) is 33.7 Å². The number of hydrogen-bond donors (Lipinski definition) is 0. The molecule has 1 aliphatic rings. The number of piperidine rings is 1. The molecule has 4 heteroatoms. The van der Waals surface area contributed by atoms with Gasteiger partial charge in [0, 0.05) is 31.6 Å². The molecule has 22 heavy (non-hydrogen) atoms. The van der Waals surface area contributed by atoms with Gasteiger partial charge in [0.25, 0.3) is 0 Å². The van der Waals surface area contributed by atoms with E-state index in [-0.39, 0.29) is 12.1 Å². The summed E-state index contributed by atoms with van der Waals surface area (Å²) < 4.78 is 5.76. The Balaban J connectivity index is 1.90. The van der Waals surface area contributed by atoms with E-state index in [4.69, 9.17) is 4.74 Å². The molecule has 1 saturated heterocycles. The molecule has 0 bridgehead atoms. The number of hydrogen-bond acceptors (Lipinski definition) is 4. The maximum atomic E-state index is 12.2. The van der Waals surface area contributed by atoms with Gasteiger partial charge in [-0.3, -0.25) is 4.90 Å². The van der Waals surface area contributed by atoms with Crippen molar-refractivity contribution in [2.45, 2.75) is 32.4 Å². The van der Waals surface area contributed by atoms with Crippen molar-refractivity contribution >= 4 is 5.97 Å². The Morgan fingerprint density at radius 3 is 2.59 bits per heavy atom. The van der Waals surface area contributed by atoms with Crippen LogP contribution in [-0.4, -0.2) is 61.6 Å². The van der Waals surface area contributed by atoms with Gasteiger partial charge in [0.1, 0.15) is 6.10 Å². The van der Waals surface area contributed by atoms with E-state index in [9.17, 15) is 4.79 Å². The van der Waals surface area contributed by atoms with Gasteiger partial charge in [-0.15, -0.1) is 0 Å².